The Balaban J connectivity index is 1.59. The molecule has 144 valence electrons. The van der Waals surface area contributed by atoms with Gasteiger partial charge in [0.05, 0.1) is 6.04 Å². The summed E-state index contributed by atoms with van der Waals surface area (Å²) in [7, 11) is 0. The molecule has 3 rings (SSSR count). The molecule has 1 aliphatic heterocycles. The van der Waals surface area contributed by atoms with Crippen LogP contribution in [0, 0.1) is 0 Å². The molecular formula is C21H21N3O4. The van der Waals surface area contributed by atoms with Gasteiger partial charge in [-0.2, -0.15) is 0 Å². The summed E-state index contributed by atoms with van der Waals surface area (Å²) >= 11 is 0. The third kappa shape index (κ3) is 4.09. The zero-order valence-electron chi connectivity index (χ0n) is 15.5. The number of nitrogens with one attached hydrogen (secondary N) is 1. The Kier molecular flexibility index (Phi) is 5.84. The van der Waals surface area contributed by atoms with Crippen molar-refractivity contribution >= 4 is 23.8 Å². The first kappa shape index (κ1) is 19.3. The smallest absolute Gasteiger partial charge is 0.335 e. The molecule has 0 saturated carbocycles. The van der Waals surface area contributed by atoms with Gasteiger partial charge in [-0.3, -0.25) is 14.4 Å². The molecule has 0 aliphatic carbocycles. The lowest BCUT2D eigenvalue weighted by Crippen LogP contribution is -2.42. The van der Waals surface area contributed by atoms with Crippen molar-refractivity contribution in [3.63, 3.8) is 0 Å². The van der Waals surface area contributed by atoms with Crippen LogP contribution in [-0.2, 0) is 20.8 Å². The quantitative estimate of drug-likeness (QED) is 0.588. The van der Waals surface area contributed by atoms with Crippen LogP contribution in [0.15, 0.2) is 60.7 Å². The van der Waals surface area contributed by atoms with Crippen LogP contribution < -0.4 is 5.32 Å². The molecule has 0 spiro atoms. The lowest BCUT2D eigenvalue weighted by Gasteiger charge is -2.22. The second-order valence-corrected chi connectivity index (χ2v) is 6.52. The van der Waals surface area contributed by atoms with Gasteiger partial charge in [-0.1, -0.05) is 60.7 Å². The lowest BCUT2D eigenvalue weighted by atomic mass is 10.1. The number of nitrogens with zero attached hydrogens (tertiary/aromatic N) is 2. The van der Waals surface area contributed by atoms with Gasteiger partial charge in [-0.05, 0) is 24.5 Å². The highest BCUT2D eigenvalue weighted by molar-refractivity contribution is 6.45. The van der Waals surface area contributed by atoms with Crippen LogP contribution >= 0.6 is 0 Å². The number of imide groups is 2. The monoisotopic (exact) mass is 379 g/mol. The third-order valence-electron chi connectivity index (χ3n) is 4.63. The Morgan fingerprint density at radius 3 is 2.18 bits per heavy atom. The maximum atomic E-state index is 12.6. The van der Waals surface area contributed by atoms with Crippen molar-refractivity contribution in [1.82, 2.24) is 15.1 Å². The third-order valence-corrected chi connectivity index (χ3v) is 4.63. The Bertz CT molecular complexity index is 883. The number of rotatable bonds is 7. The summed E-state index contributed by atoms with van der Waals surface area (Å²) in [6, 6.07) is 17.2. The molecule has 5 amide bonds. The Morgan fingerprint density at radius 1 is 0.929 bits per heavy atom. The molecule has 1 aliphatic rings. The van der Waals surface area contributed by atoms with Gasteiger partial charge in [0.2, 0.25) is 5.91 Å². The summed E-state index contributed by atoms with van der Waals surface area (Å²) in [6.45, 7) is 1.56. The molecule has 1 atom stereocenters. The Hall–Kier alpha value is -3.48. The number of hydrogen-bond acceptors (Lipinski definition) is 4. The van der Waals surface area contributed by atoms with Crippen LogP contribution in [-0.4, -0.2) is 46.6 Å². The van der Waals surface area contributed by atoms with E-state index in [-0.39, 0.29) is 0 Å². The van der Waals surface area contributed by atoms with Gasteiger partial charge < -0.3 is 5.32 Å². The molecule has 28 heavy (non-hydrogen) atoms. The largest absolute Gasteiger partial charge is 0.354 e. The normalized spacial score (nSPS) is 15.1. The lowest BCUT2D eigenvalue weighted by molar-refractivity contribution is -0.144. The van der Waals surface area contributed by atoms with Crippen molar-refractivity contribution in [1.29, 1.82) is 0 Å². The van der Waals surface area contributed by atoms with E-state index in [2.05, 4.69) is 5.32 Å². The first-order valence-electron chi connectivity index (χ1n) is 9.03. The van der Waals surface area contributed by atoms with Crippen LogP contribution in [0.1, 0.15) is 24.1 Å². The minimum atomic E-state index is -0.981. The van der Waals surface area contributed by atoms with Gasteiger partial charge >= 0.3 is 17.8 Å². The summed E-state index contributed by atoms with van der Waals surface area (Å²) in [4.78, 5) is 50.9. The summed E-state index contributed by atoms with van der Waals surface area (Å²) < 4.78 is 0. The average molecular weight is 379 g/mol. The molecule has 0 aromatic heterocycles. The number of amides is 5. The Morgan fingerprint density at radius 2 is 1.54 bits per heavy atom. The molecule has 1 heterocycles. The zero-order valence-corrected chi connectivity index (χ0v) is 15.5. The van der Waals surface area contributed by atoms with Gasteiger partial charge in [-0.25, -0.2) is 14.6 Å². The van der Waals surface area contributed by atoms with E-state index in [0.717, 1.165) is 16.0 Å². The van der Waals surface area contributed by atoms with Crippen molar-refractivity contribution in [3.8, 4) is 0 Å². The SMILES string of the molecule is CC(c1ccccc1)N1C(=O)C(=O)N(CC(=O)NCCc2ccccc2)C1=O. The predicted octanol–water partition coefficient (Wildman–Crippen LogP) is 1.90. The van der Waals surface area contributed by atoms with Crippen LogP contribution in [0.4, 0.5) is 4.79 Å². The molecule has 1 saturated heterocycles. The van der Waals surface area contributed by atoms with Gasteiger partial charge in [0.25, 0.3) is 0 Å². The molecule has 7 nitrogen and oxygen atoms in total. The molecule has 2 aromatic carbocycles. The van der Waals surface area contributed by atoms with Crippen molar-refractivity contribution in [2.24, 2.45) is 0 Å². The van der Waals surface area contributed by atoms with Crippen molar-refractivity contribution < 1.29 is 19.2 Å². The van der Waals surface area contributed by atoms with E-state index in [9.17, 15) is 19.2 Å². The van der Waals surface area contributed by atoms with E-state index in [1.54, 1.807) is 31.2 Å². The van der Waals surface area contributed by atoms with E-state index >= 15 is 0 Å². The molecule has 1 fully saturated rings. The number of carbonyl (C=O) groups is 4. The minimum Gasteiger partial charge on any atom is -0.354 e. The maximum Gasteiger partial charge on any atom is 0.335 e. The van der Waals surface area contributed by atoms with Crippen molar-refractivity contribution in [2.45, 2.75) is 19.4 Å². The first-order valence-corrected chi connectivity index (χ1v) is 9.03. The zero-order chi connectivity index (χ0) is 20.1. The number of benzene rings is 2. The first-order chi connectivity index (χ1) is 13.5. The second-order valence-electron chi connectivity index (χ2n) is 6.52. The fourth-order valence-electron chi connectivity index (χ4n) is 3.07. The van der Waals surface area contributed by atoms with Crippen molar-refractivity contribution in [2.75, 3.05) is 13.1 Å². The highest BCUT2D eigenvalue weighted by Gasteiger charge is 2.47. The van der Waals surface area contributed by atoms with E-state index in [1.807, 2.05) is 36.4 Å². The summed E-state index contributed by atoms with van der Waals surface area (Å²) in [5.41, 5.74) is 1.79. The molecular weight excluding hydrogens is 358 g/mol. The van der Waals surface area contributed by atoms with Crippen LogP contribution in [0.25, 0.3) is 0 Å². The van der Waals surface area contributed by atoms with E-state index in [1.165, 1.54) is 0 Å². The minimum absolute atomic E-state index is 0.372. The highest BCUT2D eigenvalue weighted by Crippen LogP contribution is 2.25. The fraction of sp³-hybridized carbons (Fsp3) is 0.238. The molecule has 2 aromatic rings. The van der Waals surface area contributed by atoms with Gasteiger partial charge in [-0.15, -0.1) is 0 Å². The number of hydrogen-bond donors (Lipinski definition) is 1. The molecule has 7 heteroatoms. The summed E-state index contributed by atoms with van der Waals surface area (Å²) in [5.74, 6) is -2.39. The molecule has 0 radical (unpaired) electrons. The number of carbonyl (C=O) groups excluding carboxylic acids is 4. The van der Waals surface area contributed by atoms with E-state index in [4.69, 9.17) is 0 Å². The maximum absolute atomic E-state index is 12.6. The van der Waals surface area contributed by atoms with Gasteiger partial charge in [0, 0.05) is 6.54 Å². The Labute approximate surface area is 162 Å². The summed E-state index contributed by atoms with van der Waals surface area (Å²) in [6.07, 6.45) is 0.630. The standard InChI is InChI=1S/C21H21N3O4/c1-15(17-10-6-3-7-11-17)24-20(27)19(26)23(21(24)28)14-18(25)22-13-12-16-8-4-2-5-9-16/h2-11,15H,12-14H2,1H3,(H,22,25). The molecule has 0 bridgehead atoms. The second kappa shape index (κ2) is 8.47. The van der Waals surface area contributed by atoms with Crippen molar-refractivity contribution in [3.05, 3.63) is 71.8 Å². The van der Waals surface area contributed by atoms with Gasteiger partial charge in [0.1, 0.15) is 6.54 Å². The van der Waals surface area contributed by atoms with Gasteiger partial charge in [0.15, 0.2) is 0 Å². The van der Waals surface area contributed by atoms with Crippen LogP contribution in [0.3, 0.4) is 0 Å². The van der Waals surface area contributed by atoms with E-state index in [0.29, 0.717) is 17.9 Å². The van der Waals surface area contributed by atoms with E-state index < -0.39 is 36.3 Å². The summed E-state index contributed by atoms with van der Waals surface area (Å²) in [5, 5.41) is 2.67. The average Bonchev–Trinajstić information content (AvgIpc) is 2.92. The predicted molar refractivity (Wildman–Crippen MR) is 102 cm³/mol. The highest BCUT2D eigenvalue weighted by atomic mass is 16.2. The topological polar surface area (TPSA) is 86.8 Å². The van der Waals surface area contributed by atoms with Crippen LogP contribution in [0.5, 0.6) is 0 Å². The van der Waals surface area contributed by atoms with Crippen LogP contribution in [0.2, 0.25) is 0 Å². The molecule has 1 unspecified atom stereocenters. The fourth-order valence-corrected chi connectivity index (χ4v) is 3.07. The number of urea groups is 1. The molecule has 1 N–H and O–H groups in total.